The molecule has 0 amide bonds. The number of hydrogen-bond donors (Lipinski definition) is 3. The molecule has 0 aliphatic heterocycles. The molecule has 112 valence electrons. The van der Waals surface area contributed by atoms with E-state index in [9.17, 15) is 14.4 Å². The summed E-state index contributed by atoms with van der Waals surface area (Å²) < 4.78 is 4.55. The lowest BCUT2D eigenvalue weighted by Crippen LogP contribution is -2.30. The maximum absolute atomic E-state index is 10.4. The summed E-state index contributed by atoms with van der Waals surface area (Å²) in [6.07, 6.45) is 0. The van der Waals surface area contributed by atoms with Crippen LogP contribution in [0, 0.1) is 10.8 Å². The lowest BCUT2D eigenvalue weighted by molar-refractivity contribution is -0.155. The molecule has 7 heteroatoms. The van der Waals surface area contributed by atoms with Gasteiger partial charge in [-0.15, -0.1) is 0 Å². The molecule has 0 aliphatic rings. The lowest BCUT2D eigenvalue weighted by Gasteiger charge is -2.17. The second kappa shape index (κ2) is 7.73. The molecule has 0 heterocycles. The summed E-state index contributed by atoms with van der Waals surface area (Å²) in [7, 11) is 0. The molecule has 0 atom stereocenters. The first-order chi connectivity index (χ1) is 8.36. The maximum atomic E-state index is 10.4. The average Bonchev–Trinajstić information content (AvgIpc) is 2.27. The molecule has 0 aromatic carbocycles. The highest BCUT2D eigenvalue weighted by Gasteiger charge is 2.28. The lowest BCUT2D eigenvalue weighted by atomic mass is 9.95. The molecule has 0 radical (unpaired) electrons. The van der Waals surface area contributed by atoms with Gasteiger partial charge in [0.25, 0.3) is 0 Å². The number of ether oxygens (including phenoxy) is 1. The van der Waals surface area contributed by atoms with Gasteiger partial charge in [-0.2, -0.15) is 0 Å². The third-order valence-electron chi connectivity index (χ3n) is 2.19. The minimum absolute atomic E-state index is 0.0856. The molecule has 0 saturated heterocycles. The Balaban J connectivity index is 0. The van der Waals surface area contributed by atoms with Crippen molar-refractivity contribution < 1.29 is 34.4 Å². The standard InChI is InChI=1S/C7H12O4.C5H10O3/c1-5(8)11-4-7(2,3)6(9)10;1-5(2,3-6)4(7)8/h4H2,1-3H3,(H,9,10);6H,3H2,1-2H3,(H,7,8). The molecule has 0 unspecified atom stereocenters. The van der Waals surface area contributed by atoms with Crippen LogP contribution in [0.2, 0.25) is 0 Å². The van der Waals surface area contributed by atoms with E-state index in [4.69, 9.17) is 15.3 Å². The minimum Gasteiger partial charge on any atom is -0.481 e. The summed E-state index contributed by atoms with van der Waals surface area (Å²) in [6, 6.07) is 0. The maximum Gasteiger partial charge on any atom is 0.312 e. The number of carbonyl (C=O) groups is 3. The van der Waals surface area contributed by atoms with E-state index in [1.807, 2.05) is 0 Å². The van der Waals surface area contributed by atoms with E-state index in [0.29, 0.717) is 0 Å². The van der Waals surface area contributed by atoms with Crippen molar-refractivity contribution in [3.05, 3.63) is 0 Å². The molecule has 3 N–H and O–H groups in total. The summed E-state index contributed by atoms with van der Waals surface area (Å²) in [4.78, 5) is 30.8. The van der Waals surface area contributed by atoms with E-state index < -0.39 is 28.7 Å². The van der Waals surface area contributed by atoms with Crippen LogP contribution < -0.4 is 0 Å². The number of rotatable bonds is 5. The van der Waals surface area contributed by atoms with Gasteiger partial charge in [0.1, 0.15) is 6.61 Å². The number of carboxylic acids is 2. The third-order valence-corrected chi connectivity index (χ3v) is 2.19. The second-order valence-electron chi connectivity index (χ2n) is 5.32. The monoisotopic (exact) mass is 278 g/mol. The number of aliphatic hydroxyl groups excluding tert-OH is 1. The Labute approximate surface area is 112 Å². The zero-order valence-electron chi connectivity index (χ0n) is 11.9. The van der Waals surface area contributed by atoms with Crippen molar-refractivity contribution in [2.24, 2.45) is 10.8 Å². The second-order valence-corrected chi connectivity index (χ2v) is 5.32. The Morgan fingerprint density at radius 2 is 1.32 bits per heavy atom. The Morgan fingerprint density at radius 1 is 0.947 bits per heavy atom. The molecule has 0 aliphatic carbocycles. The van der Waals surface area contributed by atoms with E-state index >= 15 is 0 Å². The normalized spacial score (nSPS) is 11.1. The van der Waals surface area contributed by atoms with Gasteiger partial charge in [-0.05, 0) is 27.7 Å². The number of esters is 1. The van der Waals surface area contributed by atoms with Gasteiger partial charge in [-0.3, -0.25) is 14.4 Å². The van der Waals surface area contributed by atoms with Crippen LogP contribution in [-0.4, -0.2) is 46.4 Å². The van der Waals surface area contributed by atoms with Gasteiger partial charge in [0.15, 0.2) is 0 Å². The summed E-state index contributed by atoms with van der Waals surface area (Å²) in [5, 5.41) is 25.2. The zero-order chi connectivity index (χ0) is 15.9. The van der Waals surface area contributed by atoms with Crippen LogP contribution >= 0.6 is 0 Å². The fourth-order valence-electron chi connectivity index (χ4n) is 0.411. The molecule has 7 nitrogen and oxygen atoms in total. The van der Waals surface area contributed by atoms with Crippen LogP contribution in [0.3, 0.4) is 0 Å². The number of aliphatic hydroxyl groups is 1. The number of carbonyl (C=O) groups excluding carboxylic acids is 1. The van der Waals surface area contributed by atoms with Crippen molar-refractivity contribution in [2.75, 3.05) is 13.2 Å². The highest BCUT2D eigenvalue weighted by molar-refractivity contribution is 5.74. The minimum atomic E-state index is -0.994. The number of carboxylic acid groups (broad SMARTS) is 2. The highest BCUT2D eigenvalue weighted by Crippen LogP contribution is 2.15. The van der Waals surface area contributed by atoms with Crippen molar-refractivity contribution in [1.82, 2.24) is 0 Å². The number of aliphatic carboxylic acids is 2. The topological polar surface area (TPSA) is 121 Å². The van der Waals surface area contributed by atoms with Crippen LogP contribution in [0.15, 0.2) is 0 Å². The van der Waals surface area contributed by atoms with Gasteiger partial charge in [0, 0.05) is 6.92 Å². The van der Waals surface area contributed by atoms with Gasteiger partial charge < -0.3 is 20.1 Å². The first-order valence-corrected chi connectivity index (χ1v) is 5.58. The van der Waals surface area contributed by atoms with Crippen LogP contribution in [0.5, 0.6) is 0 Å². The van der Waals surface area contributed by atoms with E-state index in [2.05, 4.69) is 4.74 Å². The largest absolute Gasteiger partial charge is 0.481 e. The summed E-state index contributed by atoms with van der Waals surface area (Å²) in [5.74, 6) is -2.40. The van der Waals surface area contributed by atoms with Crippen LogP contribution in [0.4, 0.5) is 0 Å². The SMILES string of the molecule is CC(=O)OCC(C)(C)C(=O)O.CC(C)(CO)C(=O)O. The summed E-state index contributed by atoms with van der Waals surface area (Å²) in [5.41, 5.74) is -1.98. The van der Waals surface area contributed by atoms with Crippen molar-refractivity contribution in [3.63, 3.8) is 0 Å². The Bertz CT molecular complexity index is 331. The molecule has 0 saturated carbocycles. The molecule has 0 bridgehead atoms. The van der Waals surface area contributed by atoms with Crippen molar-refractivity contribution in [1.29, 1.82) is 0 Å². The van der Waals surface area contributed by atoms with E-state index in [1.54, 1.807) is 0 Å². The predicted molar refractivity (Wildman–Crippen MR) is 66.6 cm³/mol. The Kier molecular flexibility index (Phi) is 8.01. The van der Waals surface area contributed by atoms with Gasteiger partial charge in [-0.25, -0.2) is 0 Å². The van der Waals surface area contributed by atoms with Crippen molar-refractivity contribution in [3.8, 4) is 0 Å². The fraction of sp³-hybridized carbons (Fsp3) is 0.750. The quantitative estimate of drug-likeness (QED) is 0.634. The molecule has 0 aromatic rings. The molecule has 19 heavy (non-hydrogen) atoms. The summed E-state index contributed by atoms with van der Waals surface area (Å²) >= 11 is 0. The van der Waals surface area contributed by atoms with Crippen molar-refractivity contribution in [2.45, 2.75) is 34.6 Å². The van der Waals surface area contributed by atoms with Crippen LogP contribution in [0.25, 0.3) is 0 Å². The third kappa shape index (κ3) is 9.01. The molecule has 0 aromatic heterocycles. The van der Waals surface area contributed by atoms with Crippen molar-refractivity contribution >= 4 is 17.9 Å². The van der Waals surface area contributed by atoms with E-state index in [0.717, 1.165) is 0 Å². The molecule has 0 fully saturated rings. The molecular formula is C12H22O7. The molecule has 0 rings (SSSR count). The molecule has 0 spiro atoms. The first-order valence-electron chi connectivity index (χ1n) is 5.58. The van der Waals surface area contributed by atoms with Crippen LogP contribution in [-0.2, 0) is 19.1 Å². The van der Waals surface area contributed by atoms with Gasteiger partial charge in [0.05, 0.1) is 17.4 Å². The fourth-order valence-corrected chi connectivity index (χ4v) is 0.411. The van der Waals surface area contributed by atoms with Gasteiger partial charge >= 0.3 is 17.9 Å². The first kappa shape index (κ1) is 19.7. The predicted octanol–water partition coefficient (Wildman–Crippen LogP) is 0.750. The van der Waals surface area contributed by atoms with Crippen LogP contribution in [0.1, 0.15) is 34.6 Å². The Hall–Kier alpha value is -1.63. The molecular weight excluding hydrogens is 256 g/mol. The number of hydrogen-bond acceptors (Lipinski definition) is 5. The van der Waals surface area contributed by atoms with E-state index in [1.165, 1.54) is 34.6 Å². The zero-order valence-corrected chi connectivity index (χ0v) is 11.9. The van der Waals surface area contributed by atoms with Gasteiger partial charge in [0.2, 0.25) is 0 Å². The van der Waals surface area contributed by atoms with E-state index in [-0.39, 0.29) is 13.2 Å². The smallest absolute Gasteiger partial charge is 0.312 e. The Morgan fingerprint density at radius 3 is 1.47 bits per heavy atom. The van der Waals surface area contributed by atoms with Gasteiger partial charge in [-0.1, -0.05) is 0 Å². The summed E-state index contributed by atoms with van der Waals surface area (Å²) in [6.45, 7) is 6.78. The average molecular weight is 278 g/mol. The highest BCUT2D eigenvalue weighted by atomic mass is 16.5.